The van der Waals surface area contributed by atoms with Crippen LogP contribution in [-0.4, -0.2) is 19.6 Å². The van der Waals surface area contributed by atoms with Crippen LogP contribution in [0.2, 0.25) is 0 Å². The second-order valence-electron chi connectivity index (χ2n) is 4.68. The number of nitrogens with zero attached hydrogens (tertiary/aromatic N) is 3. The van der Waals surface area contributed by atoms with Crippen LogP contribution in [0.25, 0.3) is 0 Å². The van der Waals surface area contributed by atoms with Gasteiger partial charge in [-0.3, -0.25) is 4.98 Å². The minimum atomic E-state index is -1.18. The summed E-state index contributed by atoms with van der Waals surface area (Å²) < 4.78 is 1.85. The minimum absolute atomic E-state index is 0.369. The number of aliphatic hydroxyl groups is 1. The molecule has 0 unspecified atom stereocenters. The highest BCUT2D eigenvalue weighted by molar-refractivity contribution is 5.31. The lowest BCUT2D eigenvalue weighted by molar-refractivity contribution is 0.0567. The molecular weight excluding hydrogens is 250 g/mol. The Labute approximate surface area is 117 Å². The molecule has 0 bridgehead atoms. The van der Waals surface area contributed by atoms with E-state index < -0.39 is 5.60 Å². The largest absolute Gasteiger partial charge is 0.377 e. The van der Waals surface area contributed by atoms with Crippen LogP contribution in [0.1, 0.15) is 11.3 Å². The molecule has 0 spiro atoms. The molecule has 0 amide bonds. The van der Waals surface area contributed by atoms with Crippen molar-refractivity contribution in [3.8, 4) is 0 Å². The quantitative estimate of drug-likeness (QED) is 0.787. The Balaban J connectivity index is 2.08. The van der Waals surface area contributed by atoms with E-state index >= 15 is 0 Å². The van der Waals surface area contributed by atoms with E-state index in [1.165, 1.54) is 0 Å². The molecule has 1 N–H and O–H groups in total. The molecule has 0 radical (unpaired) electrons. The molecule has 0 aliphatic heterocycles. The third kappa shape index (κ3) is 2.33. The maximum Gasteiger partial charge on any atom is 0.149 e. The summed E-state index contributed by atoms with van der Waals surface area (Å²) in [5.74, 6) is 0. The van der Waals surface area contributed by atoms with E-state index in [2.05, 4.69) is 9.97 Å². The molecule has 2 aromatic heterocycles. The van der Waals surface area contributed by atoms with Crippen LogP contribution in [0.4, 0.5) is 0 Å². The smallest absolute Gasteiger partial charge is 0.149 e. The highest BCUT2D eigenvalue weighted by Crippen LogP contribution is 2.29. The molecule has 4 nitrogen and oxygen atoms in total. The van der Waals surface area contributed by atoms with Crippen LogP contribution in [0.3, 0.4) is 0 Å². The lowest BCUT2D eigenvalue weighted by Gasteiger charge is -2.28. The molecule has 3 rings (SSSR count). The Morgan fingerprint density at radius 2 is 1.80 bits per heavy atom. The standard InChI is InChI=1S/C16H15N3O/c20-16(12-19-11-10-17-13-19,14-6-2-1-3-7-14)15-8-4-5-9-18-15/h1-11,13,20H,12H2/t16-/m0/s1. The third-order valence-electron chi connectivity index (χ3n) is 3.31. The average Bonchev–Trinajstić information content (AvgIpc) is 3.02. The third-order valence-corrected chi connectivity index (χ3v) is 3.31. The van der Waals surface area contributed by atoms with Gasteiger partial charge in [-0.25, -0.2) is 4.98 Å². The van der Waals surface area contributed by atoms with Crippen molar-refractivity contribution < 1.29 is 5.11 Å². The molecule has 20 heavy (non-hydrogen) atoms. The van der Waals surface area contributed by atoms with Gasteiger partial charge in [0, 0.05) is 18.6 Å². The van der Waals surface area contributed by atoms with Crippen molar-refractivity contribution in [2.75, 3.05) is 0 Å². The molecule has 0 aliphatic rings. The van der Waals surface area contributed by atoms with Crippen LogP contribution in [0.15, 0.2) is 73.4 Å². The Bertz CT molecular complexity index is 611. The summed E-state index contributed by atoms with van der Waals surface area (Å²) in [4.78, 5) is 8.35. The SMILES string of the molecule is O[C@@](Cn1ccnc1)(c1ccccc1)c1ccccn1. The van der Waals surface area contributed by atoms with E-state index in [0.717, 1.165) is 5.56 Å². The number of imidazole rings is 1. The molecule has 0 saturated heterocycles. The van der Waals surface area contributed by atoms with E-state index in [-0.39, 0.29) is 0 Å². The normalized spacial score (nSPS) is 13.8. The summed E-state index contributed by atoms with van der Waals surface area (Å²) in [6.45, 7) is 0.369. The first-order chi connectivity index (χ1) is 9.79. The second kappa shape index (κ2) is 5.27. The van der Waals surface area contributed by atoms with Gasteiger partial charge >= 0.3 is 0 Å². The van der Waals surface area contributed by atoms with E-state index in [9.17, 15) is 5.11 Å². The van der Waals surface area contributed by atoms with Crippen LogP contribution in [-0.2, 0) is 12.1 Å². The van der Waals surface area contributed by atoms with Gasteiger partial charge < -0.3 is 9.67 Å². The number of hydrogen-bond donors (Lipinski definition) is 1. The van der Waals surface area contributed by atoms with Gasteiger partial charge in [0.2, 0.25) is 0 Å². The number of benzene rings is 1. The first-order valence-corrected chi connectivity index (χ1v) is 6.44. The minimum Gasteiger partial charge on any atom is -0.377 e. The zero-order valence-electron chi connectivity index (χ0n) is 10.9. The molecule has 4 heteroatoms. The number of hydrogen-bond acceptors (Lipinski definition) is 3. The Morgan fingerprint density at radius 3 is 2.45 bits per heavy atom. The van der Waals surface area contributed by atoms with E-state index in [4.69, 9.17) is 0 Å². The molecule has 2 heterocycles. The van der Waals surface area contributed by atoms with E-state index in [0.29, 0.717) is 12.2 Å². The molecule has 1 aromatic carbocycles. The first-order valence-electron chi connectivity index (χ1n) is 6.44. The van der Waals surface area contributed by atoms with Crippen molar-refractivity contribution >= 4 is 0 Å². The molecule has 100 valence electrons. The van der Waals surface area contributed by atoms with Gasteiger partial charge in [-0.05, 0) is 17.7 Å². The average molecular weight is 265 g/mol. The van der Waals surface area contributed by atoms with Crippen molar-refractivity contribution in [3.63, 3.8) is 0 Å². The molecule has 0 fully saturated rings. The highest BCUT2D eigenvalue weighted by Gasteiger charge is 2.33. The Kier molecular flexibility index (Phi) is 3.31. The summed E-state index contributed by atoms with van der Waals surface area (Å²) in [6.07, 6.45) is 6.91. The van der Waals surface area contributed by atoms with Crippen molar-refractivity contribution in [1.82, 2.24) is 14.5 Å². The maximum absolute atomic E-state index is 11.2. The Morgan fingerprint density at radius 1 is 1.00 bits per heavy atom. The number of rotatable bonds is 4. The summed E-state index contributed by atoms with van der Waals surface area (Å²) in [5, 5.41) is 11.2. The number of pyridine rings is 1. The van der Waals surface area contributed by atoms with Gasteiger partial charge in [-0.1, -0.05) is 36.4 Å². The molecular formula is C16H15N3O. The predicted octanol–water partition coefficient (Wildman–Crippen LogP) is 2.21. The Hall–Kier alpha value is -2.46. The van der Waals surface area contributed by atoms with Crippen molar-refractivity contribution in [1.29, 1.82) is 0 Å². The summed E-state index contributed by atoms with van der Waals surface area (Å²) >= 11 is 0. The summed E-state index contributed by atoms with van der Waals surface area (Å²) in [6, 6.07) is 15.1. The predicted molar refractivity (Wildman–Crippen MR) is 75.9 cm³/mol. The van der Waals surface area contributed by atoms with Crippen LogP contribution in [0.5, 0.6) is 0 Å². The fourth-order valence-corrected chi connectivity index (χ4v) is 2.29. The number of aromatic nitrogens is 3. The van der Waals surface area contributed by atoms with Gasteiger partial charge in [0.05, 0.1) is 18.6 Å². The van der Waals surface area contributed by atoms with Crippen LogP contribution < -0.4 is 0 Å². The summed E-state index contributed by atoms with van der Waals surface area (Å²) in [7, 11) is 0. The molecule has 0 aliphatic carbocycles. The van der Waals surface area contributed by atoms with Crippen molar-refractivity contribution in [2.24, 2.45) is 0 Å². The lowest BCUT2D eigenvalue weighted by atomic mass is 9.89. The first kappa shape index (κ1) is 12.6. The van der Waals surface area contributed by atoms with Gasteiger partial charge in [0.25, 0.3) is 0 Å². The van der Waals surface area contributed by atoms with E-state index in [1.54, 1.807) is 18.7 Å². The van der Waals surface area contributed by atoms with Gasteiger partial charge in [0.15, 0.2) is 0 Å². The van der Waals surface area contributed by atoms with Crippen LogP contribution >= 0.6 is 0 Å². The zero-order valence-corrected chi connectivity index (χ0v) is 10.9. The van der Waals surface area contributed by atoms with E-state index in [1.807, 2.05) is 59.3 Å². The highest BCUT2D eigenvalue weighted by atomic mass is 16.3. The fourth-order valence-electron chi connectivity index (χ4n) is 2.29. The lowest BCUT2D eigenvalue weighted by Crippen LogP contribution is -2.33. The van der Waals surface area contributed by atoms with Gasteiger partial charge in [-0.2, -0.15) is 0 Å². The van der Waals surface area contributed by atoms with Crippen molar-refractivity contribution in [3.05, 3.63) is 84.7 Å². The van der Waals surface area contributed by atoms with Crippen molar-refractivity contribution in [2.45, 2.75) is 12.1 Å². The zero-order chi connectivity index (χ0) is 13.8. The van der Waals surface area contributed by atoms with Gasteiger partial charge in [-0.15, -0.1) is 0 Å². The maximum atomic E-state index is 11.2. The molecule has 3 aromatic rings. The topological polar surface area (TPSA) is 50.9 Å². The summed E-state index contributed by atoms with van der Waals surface area (Å²) in [5.41, 5.74) is 0.260. The molecule has 0 saturated carbocycles. The van der Waals surface area contributed by atoms with Gasteiger partial charge in [0.1, 0.15) is 5.60 Å². The fraction of sp³-hybridized carbons (Fsp3) is 0.125. The monoisotopic (exact) mass is 265 g/mol. The van der Waals surface area contributed by atoms with Crippen LogP contribution in [0, 0.1) is 0 Å². The second-order valence-corrected chi connectivity index (χ2v) is 4.68. The molecule has 1 atom stereocenters.